The standard InChI is InChI=1S/C18H23N3/c1-14-12-17-16-7-6-15(2)20(16)10-11-21(17)18(14)13-19-8-4-3-5-9-19/h6-7,10-12H,3-5,8-9,13H2,1-2H3. The summed E-state index contributed by atoms with van der Waals surface area (Å²) in [5.74, 6) is 0. The van der Waals surface area contributed by atoms with Gasteiger partial charge in [-0.2, -0.15) is 0 Å². The molecule has 110 valence electrons. The van der Waals surface area contributed by atoms with Crippen molar-refractivity contribution in [2.45, 2.75) is 39.7 Å². The molecule has 0 atom stereocenters. The quantitative estimate of drug-likeness (QED) is 0.696. The second kappa shape index (κ2) is 4.92. The summed E-state index contributed by atoms with van der Waals surface area (Å²) in [5.41, 5.74) is 6.79. The van der Waals surface area contributed by atoms with Gasteiger partial charge in [-0.3, -0.25) is 4.90 Å². The van der Waals surface area contributed by atoms with E-state index in [1.807, 2.05) is 0 Å². The van der Waals surface area contributed by atoms with E-state index in [4.69, 9.17) is 0 Å². The van der Waals surface area contributed by atoms with Crippen LogP contribution in [0.2, 0.25) is 0 Å². The zero-order chi connectivity index (χ0) is 14.4. The second-order valence-corrected chi connectivity index (χ2v) is 6.39. The highest BCUT2D eigenvalue weighted by molar-refractivity contribution is 5.78. The van der Waals surface area contributed by atoms with Crippen LogP contribution in [0.1, 0.15) is 36.2 Å². The van der Waals surface area contributed by atoms with E-state index in [1.165, 1.54) is 60.3 Å². The third-order valence-corrected chi connectivity index (χ3v) is 4.93. The van der Waals surface area contributed by atoms with E-state index in [-0.39, 0.29) is 0 Å². The second-order valence-electron chi connectivity index (χ2n) is 6.39. The molecule has 0 bridgehead atoms. The highest BCUT2D eigenvalue weighted by atomic mass is 15.1. The summed E-state index contributed by atoms with van der Waals surface area (Å²) in [6.45, 7) is 7.99. The summed E-state index contributed by atoms with van der Waals surface area (Å²) in [7, 11) is 0. The normalized spacial score (nSPS) is 17.0. The maximum atomic E-state index is 2.60. The Bertz CT molecular complexity index is 788. The molecule has 1 aliphatic heterocycles. The molecule has 0 spiro atoms. The molecule has 4 heterocycles. The van der Waals surface area contributed by atoms with Crippen LogP contribution in [-0.2, 0) is 6.54 Å². The average molecular weight is 281 g/mol. The Balaban J connectivity index is 1.81. The number of hydrogen-bond acceptors (Lipinski definition) is 1. The SMILES string of the molecule is Cc1cc2c3ccc(C)n3ccn2c1CN1CCCCC1. The van der Waals surface area contributed by atoms with Gasteiger partial charge in [-0.05, 0) is 63.5 Å². The Morgan fingerprint density at radius 2 is 1.67 bits per heavy atom. The molecule has 3 nitrogen and oxygen atoms in total. The van der Waals surface area contributed by atoms with E-state index >= 15 is 0 Å². The molecule has 0 aliphatic carbocycles. The van der Waals surface area contributed by atoms with Gasteiger partial charge in [0, 0.05) is 30.3 Å². The summed E-state index contributed by atoms with van der Waals surface area (Å²) in [5, 5.41) is 0. The minimum atomic E-state index is 1.08. The maximum absolute atomic E-state index is 2.60. The van der Waals surface area contributed by atoms with Crippen molar-refractivity contribution in [3.05, 3.63) is 47.5 Å². The Morgan fingerprint density at radius 3 is 2.48 bits per heavy atom. The number of fused-ring (bicyclic) bond motifs is 3. The minimum Gasteiger partial charge on any atom is -0.318 e. The van der Waals surface area contributed by atoms with Gasteiger partial charge in [-0.15, -0.1) is 0 Å². The summed E-state index contributed by atoms with van der Waals surface area (Å²) in [4.78, 5) is 2.60. The molecule has 0 unspecified atom stereocenters. The molecule has 1 aliphatic rings. The topological polar surface area (TPSA) is 12.1 Å². The van der Waals surface area contributed by atoms with Crippen LogP contribution in [0.25, 0.3) is 11.0 Å². The van der Waals surface area contributed by atoms with E-state index in [9.17, 15) is 0 Å². The Hall–Kier alpha value is -1.74. The smallest absolute Gasteiger partial charge is 0.0698 e. The van der Waals surface area contributed by atoms with Crippen molar-refractivity contribution in [2.24, 2.45) is 0 Å². The molecular weight excluding hydrogens is 258 g/mol. The van der Waals surface area contributed by atoms with E-state index in [0.29, 0.717) is 0 Å². The van der Waals surface area contributed by atoms with Crippen molar-refractivity contribution in [2.75, 3.05) is 13.1 Å². The third kappa shape index (κ3) is 2.07. The molecule has 21 heavy (non-hydrogen) atoms. The van der Waals surface area contributed by atoms with Gasteiger partial charge < -0.3 is 8.80 Å². The first kappa shape index (κ1) is 13.0. The van der Waals surface area contributed by atoms with Gasteiger partial charge in [0.1, 0.15) is 0 Å². The molecule has 0 saturated carbocycles. The third-order valence-electron chi connectivity index (χ3n) is 4.93. The fourth-order valence-electron chi connectivity index (χ4n) is 3.68. The Labute approximate surface area is 125 Å². The first-order valence-electron chi connectivity index (χ1n) is 8.03. The van der Waals surface area contributed by atoms with Crippen molar-refractivity contribution in [3.8, 4) is 0 Å². The monoisotopic (exact) mass is 281 g/mol. The zero-order valence-corrected chi connectivity index (χ0v) is 13.0. The number of aromatic nitrogens is 2. The summed E-state index contributed by atoms with van der Waals surface area (Å²) in [6.07, 6.45) is 8.52. The fourth-order valence-corrected chi connectivity index (χ4v) is 3.68. The lowest BCUT2D eigenvalue weighted by molar-refractivity contribution is 0.217. The predicted molar refractivity (Wildman–Crippen MR) is 87.0 cm³/mol. The van der Waals surface area contributed by atoms with Crippen LogP contribution in [-0.4, -0.2) is 26.8 Å². The van der Waals surface area contributed by atoms with Gasteiger partial charge in [0.05, 0.1) is 11.0 Å². The fraction of sp³-hybridized carbons (Fsp3) is 0.444. The van der Waals surface area contributed by atoms with Gasteiger partial charge >= 0.3 is 0 Å². The zero-order valence-electron chi connectivity index (χ0n) is 13.0. The molecule has 3 aromatic heterocycles. The molecule has 0 N–H and O–H groups in total. The number of hydrogen-bond donors (Lipinski definition) is 0. The van der Waals surface area contributed by atoms with Crippen molar-refractivity contribution >= 4 is 11.0 Å². The largest absolute Gasteiger partial charge is 0.318 e. The lowest BCUT2D eigenvalue weighted by Gasteiger charge is -2.26. The van der Waals surface area contributed by atoms with Crippen LogP contribution in [0, 0.1) is 13.8 Å². The highest BCUT2D eigenvalue weighted by Gasteiger charge is 2.15. The van der Waals surface area contributed by atoms with Crippen LogP contribution in [0.4, 0.5) is 0 Å². The van der Waals surface area contributed by atoms with E-state index in [2.05, 4.69) is 58.1 Å². The molecule has 4 rings (SSSR count). The lowest BCUT2D eigenvalue weighted by atomic mass is 10.1. The number of rotatable bonds is 2. The molecule has 1 fully saturated rings. The summed E-state index contributed by atoms with van der Waals surface area (Å²) in [6, 6.07) is 6.77. The number of aryl methyl sites for hydroxylation is 2. The Morgan fingerprint density at radius 1 is 0.905 bits per heavy atom. The number of piperidine rings is 1. The van der Waals surface area contributed by atoms with E-state index in [1.54, 1.807) is 0 Å². The average Bonchev–Trinajstić information content (AvgIpc) is 3.02. The van der Waals surface area contributed by atoms with Crippen molar-refractivity contribution < 1.29 is 0 Å². The number of likely N-dealkylation sites (tertiary alicyclic amines) is 1. The summed E-state index contributed by atoms with van der Waals surface area (Å²) >= 11 is 0. The van der Waals surface area contributed by atoms with Crippen molar-refractivity contribution in [1.82, 2.24) is 13.7 Å². The highest BCUT2D eigenvalue weighted by Crippen LogP contribution is 2.24. The van der Waals surface area contributed by atoms with Gasteiger partial charge in [-0.25, -0.2) is 0 Å². The van der Waals surface area contributed by atoms with Crippen LogP contribution in [0.5, 0.6) is 0 Å². The predicted octanol–water partition coefficient (Wildman–Crippen LogP) is 3.79. The summed E-state index contributed by atoms with van der Waals surface area (Å²) < 4.78 is 4.66. The van der Waals surface area contributed by atoms with Gasteiger partial charge in [-0.1, -0.05) is 6.42 Å². The molecule has 0 amide bonds. The molecule has 1 saturated heterocycles. The Kier molecular flexibility index (Phi) is 3.03. The minimum absolute atomic E-state index is 1.08. The molecule has 0 aromatic carbocycles. The first-order chi connectivity index (χ1) is 10.2. The van der Waals surface area contributed by atoms with Crippen LogP contribution >= 0.6 is 0 Å². The molecule has 3 aromatic rings. The van der Waals surface area contributed by atoms with Crippen LogP contribution in [0.3, 0.4) is 0 Å². The van der Waals surface area contributed by atoms with Crippen LogP contribution < -0.4 is 0 Å². The van der Waals surface area contributed by atoms with Gasteiger partial charge in [0.2, 0.25) is 0 Å². The van der Waals surface area contributed by atoms with Crippen molar-refractivity contribution in [3.63, 3.8) is 0 Å². The lowest BCUT2D eigenvalue weighted by Crippen LogP contribution is -2.29. The van der Waals surface area contributed by atoms with E-state index < -0.39 is 0 Å². The molecule has 0 radical (unpaired) electrons. The van der Waals surface area contributed by atoms with Crippen molar-refractivity contribution in [1.29, 1.82) is 0 Å². The molecular formula is C18H23N3. The first-order valence-corrected chi connectivity index (χ1v) is 8.03. The number of nitrogens with zero attached hydrogens (tertiary/aromatic N) is 3. The van der Waals surface area contributed by atoms with E-state index in [0.717, 1.165) is 6.54 Å². The van der Waals surface area contributed by atoms with Gasteiger partial charge in [0.25, 0.3) is 0 Å². The maximum Gasteiger partial charge on any atom is 0.0698 e. The molecule has 3 heteroatoms. The van der Waals surface area contributed by atoms with Gasteiger partial charge in [0.15, 0.2) is 0 Å². The van der Waals surface area contributed by atoms with Crippen LogP contribution in [0.15, 0.2) is 30.6 Å².